The van der Waals surface area contributed by atoms with E-state index >= 15 is 0 Å². The fourth-order valence-corrected chi connectivity index (χ4v) is 2.30. The van der Waals surface area contributed by atoms with Crippen LogP contribution in [0.4, 0.5) is 17.1 Å². The van der Waals surface area contributed by atoms with Crippen molar-refractivity contribution >= 4 is 17.1 Å². The molecule has 2 N–H and O–H groups in total. The monoisotopic (exact) mass is 259 g/mol. The number of nitro groups is 1. The van der Waals surface area contributed by atoms with Crippen molar-refractivity contribution in [2.24, 2.45) is 0 Å². The van der Waals surface area contributed by atoms with Gasteiger partial charge in [-0.05, 0) is 12.1 Å². The molecule has 0 saturated heterocycles. The quantitative estimate of drug-likeness (QED) is 0.500. The Balaban J connectivity index is 1.88. The Morgan fingerprint density at radius 2 is 2.21 bits per heavy atom. The van der Waals surface area contributed by atoms with E-state index in [-0.39, 0.29) is 11.4 Å². The smallest absolute Gasteiger partial charge is 0.292 e. The highest BCUT2D eigenvalue weighted by molar-refractivity contribution is 5.66. The van der Waals surface area contributed by atoms with Crippen LogP contribution in [0.5, 0.6) is 0 Å². The zero-order valence-corrected chi connectivity index (χ0v) is 10.2. The van der Waals surface area contributed by atoms with Gasteiger partial charge in [0.05, 0.1) is 11.5 Å². The summed E-state index contributed by atoms with van der Waals surface area (Å²) in [7, 11) is 0. The summed E-state index contributed by atoms with van der Waals surface area (Å²) in [6.07, 6.45) is 3.74. The maximum Gasteiger partial charge on any atom is 0.292 e. The predicted molar refractivity (Wildman–Crippen MR) is 70.8 cm³/mol. The molecule has 1 aliphatic rings. The van der Waals surface area contributed by atoms with Crippen LogP contribution in [-0.4, -0.2) is 21.0 Å². The molecule has 0 bridgehead atoms. The van der Waals surface area contributed by atoms with Crippen LogP contribution in [-0.2, 0) is 13.1 Å². The van der Waals surface area contributed by atoms with Crippen LogP contribution in [0.25, 0.3) is 0 Å². The largest absolute Gasteiger partial charge is 0.393 e. The number of hydrogen-bond donors (Lipinski definition) is 1. The molecular formula is C12H13N5O2. The Labute approximate surface area is 109 Å². The van der Waals surface area contributed by atoms with E-state index in [0.29, 0.717) is 6.54 Å². The fraction of sp³-hybridized carbons (Fsp3) is 0.250. The molecule has 0 spiro atoms. The highest BCUT2D eigenvalue weighted by Crippen LogP contribution is 2.28. The lowest BCUT2D eigenvalue weighted by Gasteiger charge is -2.29. The van der Waals surface area contributed by atoms with Crippen molar-refractivity contribution in [3.8, 4) is 0 Å². The summed E-state index contributed by atoms with van der Waals surface area (Å²) in [5.74, 6) is 0.989. The number of nitrogens with two attached hydrogens (primary N) is 1. The van der Waals surface area contributed by atoms with Crippen LogP contribution in [0.2, 0.25) is 0 Å². The molecule has 0 aliphatic carbocycles. The Morgan fingerprint density at radius 1 is 1.37 bits per heavy atom. The molecule has 98 valence electrons. The Bertz CT molecular complexity index is 637. The zero-order valence-electron chi connectivity index (χ0n) is 10.2. The average molecular weight is 259 g/mol. The number of imidazole rings is 1. The lowest BCUT2D eigenvalue weighted by atomic mass is 10.2. The van der Waals surface area contributed by atoms with E-state index in [0.717, 1.165) is 24.6 Å². The Hall–Kier alpha value is -2.57. The minimum absolute atomic E-state index is 0.0535. The first-order valence-electron chi connectivity index (χ1n) is 5.94. The molecule has 3 rings (SSSR count). The number of nitrogens with zero attached hydrogens (tertiary/aromatic N) is 4. The number of nitro benzene ring substituents is 1. The van der Waals surface area contributed by atoms with Gasteiger partial charge in [-0.2, -0.15) is 0 Å². The second kappa shape index (κ2) is 4.27. The Kier molecular flexibility index (Phi) is 2.59. The van der Waals surface area contributed by atoms with Crippen molar-refractivity contribution in [1.29, 1.82) is 0 Å². The average Bonchev–Trinajstić information content (AvgIpc) is 2.85. The number of nitrogen functional groups attached to an aromatic ring is 1. The van der Waals surface area contributed by atoms with Gasteiger partial charge in [-0.15, -0.1) is 0 Å². The van der Waals surface area contributed by atoms with Gasteiger partial charge in [0, 0.05) is 37.2 Å². The number of benzene rings is 1. The van der Waals surface area contributed by atoms with Gasteiger partial charge in [-0.25, -0.2) is 4.98 Å². The van der Waals surface area contributed by atoms with E-state index in [1.54, 1.807) is 18.3 Å². The van der Waals surface area contributed by atoms with Gasteiger partial charge in [0.25, 0.3) is 5.69 Å². The third-order valence-corrected chi connectivity index (χ3v) is 3.32. The van der Waals surface area contributed by atoms with Crippen LogP contribution in [0.15, 0.2) is 30.6 Å². The van der Waals surface area contributed by atoms with Crippen LogP contribution >= 0.6 is 0 Å². The van der Waals surface area contributed by atoms with E-state index < -0.39 is 4.92 Å². The molecule has 0 saturated carbocycles. The summed E-state index contributed by atoms with van der Waals surface area (Å²) in [5, 5.41) is 10.7. The molecule has 0 radical (unpaired) electrons. The highest BCUT2D eigenvalue weighted by Gasteiger charge is 2.19. The van der Waals surface area contributed by atoms with Crippen LogP contribution in [0.3, 0.4) is 0 Å². The minimum Gasteiger partial charge on any atom is -0.393 e. The molecular weight excluding hydrogens is 246 g/mol. The second-order valence-corrected chi connectivity index (χ2v) is 4.46. The molecule has 1 aromatic carbocycles. The van der Waals surface area contributed by atoms with E-state index in [1.807, 2.05) is 6.20 Å². The van der Waals surface area contributed by atoms with Crippen molar-refractivity contribution < 1.29 is 4.92 Å². The first-order chi connectivity index (χ1) is 9.15. The summed E-state index contributed by atoms with van der Waals surface area (Å²) in [6, 6.07) is 4.83. The number of anilines is 2. The molecule has 1 aliphatic heterocycles. The molecule has 0 amide bonds. The van der Waals surface area contributed by atoms with Gasteiger partial charge in [-0.3, -0.25) is 10.1 Å². The van der Waals surface area contributed by atoms with Gasteiger partial charge < -0.3 is 15.2 Å². The van der Waals surface area contributed by atoms with Crippen LogP contribution < -0.4 is 10.6 Å². The van der Waals surface area contributed by atoms with E-state index in [9.17, 15) is 10.1 Å². The maximum absolute atomic E-state index is 10.7. The molecule has 0 unspecified atom stereocenters. The standard InChI is InChI=1S/C12H13N5O2/c13-10-7-9(1-2-11(10)17(18)19)16-6-5-15-4-3-14-12(15)8-16/h1-4,7H,5-6,8,13H2. The van der Waals surface area contributed by atoms with Gasteiger partial charge in [0.1, 0.15) is 11.5 Å². The van der Waals surface area contributed by atoms with Gasteiger partial charge in [0.2, 0.25) is 0 Å². The Morgan fingerprint density at radius 3 is 2.95 bits per heavy atom. The summed E-state index contributed by atoms with van der Waals surface area (Å²) in [6.45, 7) is 2.37. The normalized spacial score (nSPS) is 14.2. The fourth-order valence-electron chi connectivity index (χ4n) is 2.30. The molecule has 19 heavy (non-hydrogen) atoms. The molecule has 7 heteroatoms. The van der Waals surface area contributed by atoms with E-state index in [4.69, 9.17) is 5.73 Å². The van der Waals surface area contributed by atoms with E-state index in [1.165, 1.54) is 6.07 Å². The number of fused-ring (bicyclic) bond motifs is 1. The molecule has 0 fully saturated rings. The molecule has 7 nitrogen and oxygen atoms in total. The van der Waals surface area contributed by atoms with Crippen molar-refractivity contribution in [2.75, 3.05) is 17.2 Å². The molecule has 1 aromatic heterocycles. The van der Waals surface area contributed by atoms with Crippen molar-refractivity contribution in [3.63, 3.8) is 0 Å². The third-order valence-electron chi connectivity index (χ3n) is 3.32. The topological polar surface area (TPSA) is 90.2 Å². The van der Waals surface area contributed by atoms with Crippen molar-refractivity contribution in [2.45, 2.75) is 13.1 Å². The van der Waals surface area contributed by atoms with E-state index in [2.05, 4.69) is 14.5 Å². The summed E-state index contributed by atoms with van der Waals surface area (Å²) in [4.78, 5) is 16.7. The lowest BCUT2D eigenvalue weighted by molar-refractivity contribution is -0.383. The van der Waals surface area contributed by atoms with Crippen molar-refractivity contribution in [3.05, 3.63) is 46.5 Å². The van der Waals surface area contributed by atoms with Gasteiger partial charge in [0.15, 0.2) is 0 Å². The number of hydrogen-bond acceptors (Lipinski definition) is 5. The van der Waals surface area contributed by atoms with Gasteiger partial charge >= 0.3 is 0 Å². The zero-order chi connectivity index (χ0) is 13.4. The SMILES string of the molecule is Nc1cc(N2CCn3ccnc3C2)ccc1[N+](=O)[O-]. The predicted octanol–water partition coefficient (Wildman–Crippen LogP) is 1.39. The third kappa shape index (κ3) is 1.99. The number of rotatable bonds is 2. The number of aromatic nitrogens is 2. The first-order valence-corrected chi connectivity index (χ1v) is 5.94. The molecule has 2 heterocycles. The minimum atomic E-state index is -0.470. The summed E-state index contributed by atoms with van der Waals surface area (Å²) in [5.41, 5.74) is 6.74. The molecule has 0 atom stereocenters. The second-order valence-electron chi connectivity index (χ2n) is 4.46. The molecule has 2 aromatic rings. The van der Waals surface area contributed by atoms with Crippen LogP contribution in [0, 0.1) is 10.1 Å². The lowest BCUT2D eigenvalue weighted by Crippen LogP contribution is -2.33. The highest BCUT2D eigenvalue weighted by atomic mass is 16.6. The summed E-state index contributed by atoms with van der Waals surface area (Å²) >= 11 is 0. The van der Waals surface area contributed by atoms with Gasteiger partial charge in [-0.1, -0.05) is 0 Å². The summed E-state index contributed by atoms with van der Waals surface area (Å²) < 4.78 is 2.10. The maximum atomic E-state index is 10.7. The van der Waals surface area contributed by atoms with Crippen LogP contribution in [0.1, 0.15) is 5.82 Å². The first kappa shape index (κ1) is 11.5. The van der Waals surface area contributed by atoms with Crippen molar-refractivity contribution in [1.82, 2.24) is 9.55 Å².